The molecule has 0 bridgehead atoms. The normalized spacial score (nSPS) is 9.38. The van der Waals surface area contributed by atoms with Gasteiger partial charge in [0.1, 0.15) is 0 Å². The van der Waals surface area contributed by atoms with Crippen LogP contribution in [0.1, 0.15) is 20.8 Å². The molecule has 0 aliphatic heterocycles. The van der Waals surface area contributed by atoms with E-state index in [4.69, 9.17) is 13.3 Å². The fraction of sp³-hybridized carbons (Fsp3) is 0.750. The van der Waals surface area contributed by atoms with Gasteiger partial charge in [-0.1, -0.05) is 0 Å². The van der Waals surface area contributed by atoms with E-state index in [1.54, 1.807) is 0 Å². The van der Waals surface area contributed by atoms with Crippen LogP contribution < -0.4 is 0 Å². The van der Waals surface area contributed by atoms with Crippen LogP contribution in [0.4, 0.5) is 0 Å². The fourth-order valence-corrected chi connectivity index (χ4v) is 1.66. The summed E-state index contributed by atoms with van der Waals surface area (Å²) in [5.74, 6) is 0. The molecule has 0 saturated carbocycles. The zero-order valence-electron chi connectivity index (χ0n) is 9.21. The van der Waals surface area contributed by atoms with E-state index < -0.39 is 9.53 Å². The van der Waals surface area contributed by atoms with Crippen molar-refractivity contribution < 1.29 is 13.3 Å². The Morgan fingerprint density at radius 1 is 1.08 bits per heavy atom. The second-order valence-electron chi connectivity index (χ2n) is 2.06. The summed E-state index contributed by atoms with van der Waals surface area (Å²) in [6.07, 6.45) is 0. The zero-order chi connectivity index (χ0) is 10.5. The molecule has 5 heteroatoms. The van der Waals surface area contributed by atoms with Gasteiger partial charge in [0, 0.05) is 19.8 Å². The summed E-state index contributed by atoms with van der Waals surface area (Å²) < 4.78 is 17.5. The van der Waals surface area contributed by atoms with Crippen molar-refractivity contribution in [3.8, 4) is 0 Å². The Hall–Kier alpha value is 0.837. The van der Waals surface area contributed by atoms with Gasteiger partial charge in [-0.05, 0) is 20.8 Å². The molecule has 0 aromatic heterocycles. The molecule has 0 atom stereocenters. The van der Waals surface area contributed by atoms with E-state index in [0.29, 0.717) is 19.8 Å². The third-order valence-electron chi connectivity index (χ3n) is 0.908. The summed E-state index contributed by atoms with van der Waals surface area (Å²) >= 11 is 1.13. The van der Waals surface area contributed by atoms with Gasteiger partial charge < -0.3 is 13.3 Å². The average Bonchev–Trinajstić information content (AvgIpc) is 2.07. The first-order valence-corrected chi connectivity index (χ1v) is 7.25. The first-order chi connectivity index (χ1) is 6.26. The Morgan fingerprint density at radius 3 is 1.46 bits per heavy atom. The van der Waals surface area contributed by atoms with Crippen molar-refractivity contribution in [2.45, 2.75) is 20.8 Å². The van der Waals surface area contributed by atoms with Crippen LogP contribution in [0.2, 0.25) is 0 Å². The molecule has 0 amide bonds. The zero-order valence-corrected chi connectivity index (χ0v) is 12.4. The monoisotopic (exact) mass is 214 g/mol. The Balaban J connectivity index is 0. The summed E-state index contributed by atoms with van der Waals surface area (Å²) in [5.41, 5.74) is 0. The van der Waals surface area contributed by atoms with Crippen LogP contribution in [0, 0.1) is 0 Å². The molecule has 0 N–H and O–H groups in total. The van der Waals surface area contributed by atoms with Crippen molar-refractivity contribution >= 4 is 37.5 Å². The van der Waals surface area contributed by atoms with Gasteiger partial charge in [-0.2, -0.15) is 0 Å². The van der Waals surface area contributed by atoms with E-state index in [9.17, 15) is 0 Å². The van der Waals surface area contributed by atoms with Crippen molar-refractivity contribution in [1.82, 2.24) is 0 Å². The van der Waals surface area contributed by atoms with Crippen LogP contribution in [-0.4, -0.2) is 57.3 Å². The smallest absolute Gasteiger partial charge is 0.376 e. The molecule has 0 saturated heterocycles. The van der Waals surface area contributed by atoms with Crippen LogP contribution in [0.5, 0.6) is 0 Å². The van der Waals surface area contributed by atoms with Crippen LogP contribution >= 0.6 is 0 Å². The SMILES string of the molecule is C=[CH][Na].CCO[SiH](OCC)OCC. The summed E-state index contributed by atoms with van der Waals surface area (Å²) in [5, 5.41) is 0. The molecule has 0 spiro atoms. The molecule has 0 rings (SSSR count). The Kier molecular flexibility index (Phi) is 19.2. The first kappa shape index (κ1) is 16.3. The molecular weight excluding hydrogens is 195 g/mol. The standard InChI is InChI=1S/C6H16O3Si.C2H3.Na/c1-4-7-10(8-5-2)9-6-3;1-2;/h10H,4-6H2,1-3H3;1H,2H2;. The molecule has 0 heterocycles. The van der Waals surface area contributed by atoms with Gasteiger partial charge in [0.2, 0.25) is 0 Å². The van der Waals surface area contributed by atoms with Crippen molar-refractivity contribution in [3.05, 3.63) is 9.90 Å². The average molecular weight is 214 g/mol. The van der Waals surface area contributed by atoms with Gasteiger partial charge in [0.05, 0.1) is 0 Å². The van der Waals surface area contributed by atoms with Crippen molar-refractivity contribution in [3.63, 3.8) is 0 Å². The quantitative estimate of drug-likeness (QED) is 0.620. The molecule has 0 fully saturated rings. The second-order valence-corrected chi connectivity index (χ2v) is 4.46. The van der Waals surface area contributed by atoms with Gasteiger partial charge in [-0.15, -0.1) is 0 Å². The van der Waals surface area contributed by atoms with E-state index >= 15 is 0 Å². The topological polar surface area (TPSA) is 27.7 Å². The molecule has 13 heavy (non-hydrogen) atoms. The summed E-state index contributed by atoms with van der Waals surface area (Å²) in [6.45, 7) is 11.3. The third-order valence-corrected chi connectivity index (χ3v) is 2.72. The van der Waals surface area contributed by atoms with E-state index in [1.165, 1.54) is 0 Å². The predicted molar refractivity (Wildman–Crippen MR) is 58.0 cm³/mol. The van der Waals surface area contributed by atoms with E-state index in [0.717, 1.165) is 27.9 Å². The molecule has 0 radical (unpaired) electrons. The molecule has 3 nitrogen and oxygen atoms in total. The first-order valence-electron chi connectivity index (χ1n) is 4.68. The van der Waals surface area contributed by atoms with Crippen LogP contribution in [0.15, 0.2) is 9.90 Å². The molecule has 0 aliphatic rings. The van der Waals surface area contributed by atoms with E-state index in [2.05, 4.69) is 6.58 Å². The van der Waals surface area contributed by atoms with E-state index in [1.807, 2.05) is 24.1 Å². The molecule has 0 unspecified atom stereocenters. The summed E-state index contributed by atoms with van der Waals surface area (Å²) in [4.78, 5) is 0. The maximum Gasteiger partial charge on any atom is 0.484 e. The van der Waals surface area contributed by atoms with Crippen LogP contribution in [-0.2, 0) is 13.3 Å². The maximum atomic E-state index is 5.22. The van der Waals surface area contributed by atoms with Crippen molar-refractivity contribution in [1.29, 1.82) is 0 Å². The predicted octanol–water partition coefficient (Wildman–Crippen LogP) is 1.11. The molecule has 0 aromatic rings. The third kappa shape index (κ3) is 15.6. The molecular formula is C8H19NaO3Si. The molecule has 0 aliphatic carbocycles. The fourth-order valence-electron chi connectivity index (χ4n) is 0.553. The minimum Gasteiger partial charge on any atom is -0.376 e. The minimum atomic E-state index is -1.73. The van der Waals surface area contributed by atoms with E-state index in [-0.39, 0.29) is 0 Å². The minimum absolute atomic E-state index is 0.677. The Bertz CT molecular complexity index is 89.1. The Labute approximate surface area is 101 Å². The largest absolute Gasteiger partial charge is 0.484 e. The molecule has 74 valence electrons. The number of rotatable bonds is 6. The maximum absolute atomic E-state index is 5.22. The van der Waals surface area contributed by atoms with Gasteiger partial charge in [0.25, 0.3) is 0 Å². The van der Waals surface area contributed by atoms with Gasteiger partial charge in [-0.25, -0.2) is 0 Å². The van der Waals surface area contributed by atoms with Crippen LogP contribution in [0.25, 0.3) is 0 Å². The van der Waals surface area contributed by atoms with Gasteiger partial charge in [0.15, 0.2) is 0 Å². The van der Waals surface area contributed by atoms with Gasteiger partial charge in [-0.3, -0.25) is 0 Å². The molecule has 0 aromatic carbocycles. The number of hydrogen-bond acceptors (Lipinski definition) is 3. The second kappa shape index (κ2) is 15.3. The number of hydrogen-bond donors (Lipinski definition) is 0. The van der Waals surface area contributed by atoms with Crippen molar-refractivity contribution in [2.24, 2.45) is 0 Å². The summed E-state index contributed by atoms with van der Waals surface area (Å²) in [7, 11) is -1.73. The van der Waals surface area contributed by atoms with Crippen molar-refractivity contribution in [2.75, 3.05) is 19.8 Å². The Morgan fingerprint density at radius 2 is 1.31 bits per heavy atom. The van der Waals surface area contributed by atoms with Gasteiger partial charge >= 0.3 is 47.4 Å². The summed E-state index contributed by atoms with van der Waals surface area (Å²) in [6, 6.07) is 0. The van der Waals surface area contributed by atoms with Crippen LogP contribution in [0.3, 0.4) is 0 Å².